The van der Waals surface area contributed by atoms with E-state index in [-0.39, 0.29) is 0 Å². The van der Waals surface area contributed by atoms with Gasteiger partial charge in [-0.1, -0.05) is 6.07 Å². The first-order chi connectivity index (χ1) is 10.9. The van der Waals surface area contributed by atoms with Crippen LogP contribution >= 0.6 is 11.3 Å². The van der Waals surface area contributed by atoms with E-state index in [1.165, 1.54) is 11.3 Å². The summed E-state index contributed by atoms with van der Waals surface area (Å²) in [6.07, 6.45) is -1.94. The van der Waals surface area contributed by atoms with E-state index in [4.69, 9.17) is 5.73 Å². The normalized spacial score (nSPS) is 18.2. The van der Waals surface area contributed by atoms with Crippen LogP contribution in [0.5, 0.6) is 0 Å². The maximum Gasteiger partial charge on any atom is 0.431 e. The maximum absolute atomic E-state index is 13.3. The molecule has 1 atom stereocenters. The first-order valence-corrected chi connectivity index (χ1v) is 7.60. The van der Waals surface area contributed by atoms with Crippen LogP contribution < -0.4 is 10.6 Å². The zero-order valence-corrected chi connectivity index (χ0v) is 12.9. The van der Waals surface area contributed by atoms with Crippen molar-refractivity contribution in [1.82, 2.24) is 4.98 Å². The van der Waals surface area contributed by atoms with Crippen molar-refractivity contribution >= 4 is 23.2 Å². The fourth-order valence-electron chi connectivity index (χ4n) is 2.42. The number of aryl methyl sites for hydroxylation is 1. The Hall–Kier alpha value is -2.19. The molecule has 0 saturated carbocycles. The fourth-order valence-corrected chi connectivity index (χ4v) is 3.03. The summed E-state index contributed by atoms with van der Waals surface area (Å²) < 4.78 is 39.9. The molecule has 0 spiro atoms. The summed E-state index contributed by atoms with van der Waals surface area (Å²) in [7, 11) is 0. The van der Waals surface area contributed by atoms with Gasteiger partial charge in [0.1, 0.15) is 5.70 Å². The molecule has 1 aromatic carbocycles. The van der Waals surface area contributed by atoms with E-state index in [0.29, 0.717) is 5.69 Å². The van der Waals surface area contributed by atoms with Crippen LogP contribution in [-0.2, 0) is 0 Å². The Morgan fingerprint density at radius 2 is 2.04 bits per heavy atom. The summed E-state index contributed by atoms with van der Waals surface area (Å²) in [5, 5.41) is 0. The Morgan fingerprint density at radius 3 is 2.70 bits per heavy atom. The summed E-state index contributed by atoms with van der Waals surface area (Å²) in [6, 6.07) is 5.22. The number of hydrogen-bond donors (Lipinski definition) is 1. The second kappa shape index (κ2) is 5.78. The summed E-state index contributed by atoms with van der Waals surface area (Å²) in [5.41, 5.74) is 8.61. The van der Waals surface area contributed by atoms with Crippen molar-refractivity contribution in [3.8, 4) is 10.4 Å². The molecule has 1 unspecified atom stereocenters. The topological polar surface area (TPSA) is 54.5 Å². The number of thiazole rings is 1. The lowest BCUT2D eigenvalue weighted by Crippen LogP contribution is -2.46. The van der Waals surface area contributed by atoms with Crippen LogP contribution in [0.2, 0.25) is 0 Å². The molecule has 1 aliphatic heterocycles. The van der Waals surface area contributed by atoms with Crippen molar-refractivity contribution in [3.63, 3.8) is 0 Å². The van der Waals surface area contributed by atoms with Crippen LogP contribution in [0.25, 0.3) is 10.4 Å². The smallest absolute Gasteiger partial charge is 0.302 e. The first kappa shape index (κ1) is 15.7. The van der Waals surface area contributed by atoms with Gasteiger partial charge in [0.15, 0.2) is 6.29 Å². The Bertz CT molecular complexity index is 766. The summed E-state index contributed by atoms with van der Waals surface area (Å²) in [5.74, 6) is 0. The molecule has 0 aliphatic carbocycles. The molecule has 0 fully saturated rings. The largest absolute Gasteiger partial charge is 0.431 e. The van der Waals surface area contributed by atoms with Gasteiger partial charge in [-0.3, -0.25) is 15.7 Å². The quantitative estimate of drug-likeness (QED) is 0.908. The molecular formula is C15H13F3N4S. The SMILES string of the molecule is Cc1cc(-c2cncs2)cc(N2C(C(F)(F)F)=CC=NC2N)c1. The standard InChI is InChI=1S/C15H13F3N4S/c1-9-4-10(12-7-20-8-23-12)6-11(5-9)22-13(15(16,17)18)2-3-21-14(22)19/h2-8,14H,19H2,1H3. The third-order valence-electron chi connectivity index (χ3n) is 3.34. The fraction of sp³-hybridized carbons (Fsp3) is 0.200. The van der Waals surface area contributed by atoms with Crippen molar-refractivity contribution < 1.29 is 13.2 Å². The van der Waals surface area contributed by atoms with Gasteiger partial charge in [0.05, 0.1) is 10.4 Å². The highest BCUT2D eigenvalue weighted by molar-refractivity contribution is 7.13. The highest BCUT2D eigenvalue weighted by Gasteiger charge is 2.41. The molecule has 3 rings (SSSR count). The number of rotatable bonds is 2. The first-order valence-electron chi connectivity index (χ1n) is 6.72. The van der Waals surface area contributed by atoms with E-state index in [1.54, 1.807) is 23.8 Å². The zero-order valence-electron chi connectivity index (χ0n) is 12.1. The van der Waals surface area contributed by atoms with E-state index in [1.807, 2.05) is 13.0 Å². The summed E-state index contributed by atoms with van der Waals surface area (Å²) >= 11 is 1.42. The van der Waals surface area contributed by atoms with Crippen molar-refractivity contribution in [2.45, 2.75) is 19.4 Å². The Labute approximate surface area is 134 Å². The van der Waals surface area contributed by atoms with E-state index >= 15 is 0 Å². The van der Waals surface area contributed by atoms with Crippen LogP contribution in [0.3, 0.4) is 0 Å². The van der Waals surface area contributed by atoms with Gasteiger partial charge in [-0.15, -0.1) is 11.3 Å². The van der Waals surface area contributed by atoms with Crippen molar-refractivity contribution in [2.75, 3.05) is 4.90 Å². The number of aromatic nitrogens is 1. The second-order valence-electron chi connectivity index (χ2n) is 5.05. The molecule has 1 aliphatic rings. The van der Waals surface area contributed by atoms with Crippen LogP contribution in [0.4, 0.5) is 18.9 Å². The number of alkyl halides is 3. The third kappa shape index (κ3) is 3.13. The molecule has 0 saturated heterocycles. The van der Waals surface area contributed by atoms with Gasteiger partial charge in [0.2, 0.25) is 0 Å². The molecule has 2 heterocycles. The highest BCUT2D eigenvalue weighted by Crippen LogP contribution is 2.37. The van der Waals surface area contributed by atoms with Gasteiger partial charge in [0.25, 0.3) is 0 Å². The van der Waals surface area contributed by atoms with E-state index in [2.05, 4.69) is 9.98 Å². The van der Waals surface area contributed by atoms with Gasteiger partial charge in [-0.25, -0.2) is 0 Å². The molecule has 4 nitrogen and oxygen atoms in total. The van der Waals surface area contributed by atoms with Crippen LogP contribution in [0.1, 0.15) is 5.56 Å². The maximum atomic E-state index is 13.3. The molecule has 2 N–H and O–H groups in total. The van der Waals surface area contributed by atoms with Gasteiger partial charge in [-0.2, -0.15) is 13.2 Å². The number of nitrogens with two attached hydrogens (primary N) is 1. The Morgan fingerprint density at radius 1 is 1.26 bits per heavy atom. The molecule has 0 bridgehead atoms. The van der Waals surface area contributed by atoms with Crippen LogP contribution in [0, 0.1) is 6.92 Å². The third-order valence-corrected chi connectivity index (χ3v) is 4.17. The van der Waals surface area contributed by atoms with Crippen molar-refractivity contribution in [2.24, 2.45) is 10.7 Å². The van der Waals surface area contributed by atoms with Crippen LogP contribution in [0.15, 0.2) is 46.7 Å². The minimum atomic E-state index is -4.52. The number of allylic oxidation sites excluding steroid dienone is 2. The van der Waals surface area contributed by atoms with Gasteiger partial charge in [0, 0.05) is 18.1 Å². The predicted octanol–water partition coefficient (Wildman–Crippen LogP) is 3.70. The lowest BCUT2D eigenvalue weighted by molar-refractivity contribution is -0.0941. The zero-order chi connectivity index (χ0) is 16.6. The molecule has 1 aromatic heterocycles. The van der Waals surface area contributed by atoms with Crippen molar-refractivity contribution in [1.29, 1.82) is 0 Å². The summed E-state index contributed by atoms with van der Waals surface area (Å²) in [6.45, 7) is 1.82. The molecule has 23 heavy (non-hydrogen) atoms. The summed E-state index contributed by atoms with van der Waals surface area (Å²) in [4.78, 5) is 9.74. The number of nitrogens with zero attached hydrogens (tertiary/aromatic N) is 3. The average Bonchev–Trinajstić information content (AvgIpc) is 2.99. The van der Waals surface area contributed by atoms with Crippen molar-refractivity contribution in [3.05, 3.63) is 47.2 Å². The monoisotopic (exact) mass is 338 g/mol. The van der Waals surface area contributed by atoms with Gasteiger partial charge >= 0.3 is 6.18 Å². The predicted molar refractivity (Wildman–Crippen MR) is 85.4 cm³/mol. The van der Waals surface area contributed by atoms with E-state index < -0.39 is 18.2 Å². The lowest BCUT2D eigenvalue weighted by atomic mass is 10.1. The number of benzene rings is 1. The Kier molecular flexibility index (Phi) is 3.95. The molecule has 8 heteroatoms. The van der Waals surface area contributed by atoms with E-state index in [9.17, 15) is 13.2 Å². The van der Waals surface area contributed by atoms with Gasteiger partial charge < -0.3 is 4.90 Å². The number of anilines is 1. The molecule has 2 aromatic rings. The minimum absolute atomic E-state index is 0.348. The lowest BCUT2D eigenvalue weighted by Gasteiger charge is -2.33. The average molecular weight is 338 g/mol. The molecule has 120 valence electrons. The number of aliphatic imine (C=N–C) groups is 1. The van der Waals surface area contributed by atoms with Gasteiger partial charge in [-0.05, 0) is 36.3 Å². The molecule has 0 amide bonds. The van der Waals surface area contributed by atoms with Crippen LogP contribution in [-0.4, -0.2) is 23.7 Å². The van der Waals surface area contributed by atoms with E-state index in [0.717, 1.165) is 33.2 Å². The minimum Gasteiger partial charge on any atom is -0.302 e. The Balaban J connectivity index is 2.10. The second-order valence-corrected chi connectivity index (χ2v) is 5.94. The molecule has 0 radical (unpaired) electrons. The molecular weight excluding hydrogens is 325 g/mol. The number of halogens is 3. The number of hydrogen-bond acceptors (Lipinski definition) is 5. The highest BCUT2D eigenvalue weighted by atomic mass is 32.1.